The van der Waals surface area contributed by atoms with Crippen molar-refractivity contribution in [2.24, 2.45) is 0 Å². The first kappa shape index (κ1) is 18.0. The number of anilines is 1. The van der Waals surface area contributed by atoms with Gasteiger partial charge in [-0.25, -0.2) is 0 Å². The van der Waals surface area contributed by atoms with Crippen LogP contribution in [0.5, 0.6) is 0 Å². The second kappa shape index (κ2) is 6.99. The topological polar surface area (TPSA) is 81.0 Å². The van der Waals surface area contributed by atoms with Gasteiger partial charge < -0.3 is 4.90 Å². The van der Waals surface area contributed by atoms with Crippen LogP contribution in [-0.2, 0) is 11.2 Å². The third-order valence-electron chi connectivity index (χ3n) is 5.18. The molecule has 3 aromatic rings. The highest BCUT2D eigenvalue weighted by molar-refractivity contribution is 6.00. The van der Waals surface area contributed by atoms with Gasteiger partial charge in [-0.1, -0.05) is 24.3 Å². The van der Waals surface area contributed by atoms with Gasteiger partial charge in [0.1, 0.15) is 6.04 Å². The molecule has 0 N–H and O–H groups in total. The Bertz CT molecular complexity index is 1070. The molecule has 0 aliphatic carbocycles. The minimum Gasteiger partial charge on any atom is -0.312 e. The number of rotatable bonds is 4. The lowest BCUT2D eigenvalue weighted by Gasteiger charge is -2.15. The van der Waals surface area contributed by atoms with Gasteiger partial charge in [0.15, 0.2) is 5.78 Å². The SMILES string of the molecule is CC(=O)N1CCc2cc(C(=O)C(C)n3nnc(-c4ccccc4C)n3)ccc21. The molecule has 4 rings (SSSR count). The fraction of sp³-hybridized carbons (Fsp3) is 0.286. The van der Waals surface area contributed by atoms with Crippen LogP contribution in [0, 0.1) is 6.92 Å². The molecule has 2 aromatic carbocycles. The van der Waals surface area contributed by atoms with Crippen molar-refractivity contribution in [2.75, 3.05) is 11.4 Å². The monoisotopic (exact) mass is 375 g/mol. The summed E-state index contributed by atoms with van der Waals surface area (Å²) in [5, 5.41) is 12.6. The van der Waals surface area contributed by atoms with E-state index in [4.69, 9.17) is 0 Å². The van der Waals surface area contributed by atoms with Gasteiger partial charge in [0.25, 0.3) is 0 Å². The van der Waals surface area contributed by atoms with Gasteiger partial charge in [0.05, 0.1) is 0 Å². The molecule has 1 aliphatic rings. The number of carbonyl (C=O) groups excluding carboxylic acids is 2. The van der Waals surface area contributed by atoms with Gasteiger partial charge in [-0.15, -0.1) is 10.2 Å². The molecule has 7 nitrogen and oxygen atoms in total. The van der Waals surface area contributed by atoms with E-state index in [1.807, 2.05) is 43.3 Å². The number of benzene rings is 2. The molecule has 1 amide bonds. The molecule has 0 saturated heterocycles. The maximum absolute atomic E-state index is 13.0. The molecule has 0 saturated carbocycles. The van der Waals surface area contributed by atoms with Crippen molar-refractivity contribution >= 4 is 17.4 Å². The van der Waals surface area contributed by atoms with E-state index in [0.29, 0.717) is 17.9 Å². The number of aryl methyl sites for hydroxylation is 1. The molecule has 0 spiro atoms. The predicted octanol–water partition coefficient (Wildman–Crippen LogP) is 3.00. The fourth-order valence-electron chi connectivity index (χ4n) is 3.55. The highest BCUT2D eigenvalue weighted by Crippen LogP contribution is 2.30. The summed E-state index contributed by atoms with van der Waals surface area (Å²) in [6.45, 7) is 5.96. The largest absolute Gasteiger partial charge is 0.312 e. The van der Waals surface area contributed by atoms with Crippen molar-refractivity contribution in [1.29, 1.82) is 0 Å². The van der Waals surface area contributed by atoms with E-state index in [2.05, 4.69) is 15.4 Å². The quantitative estimate of drug-likeness (QED) is 0.655. The van der Waals surface area contributed by atoms with Gasteiger partial charge in [-0.3, -0.25) is 9.59 Å². The Kier molecular flexibility index (Phi) is 4.50. The third kappa shape index (κ3) is 3.09. The maximum Gasteiger partial charge on any atom is 0.223 e. The second-order valence-corrected chi connectivity index (χ2v) is 7.05. The average Bonchev–Trinajstić information content (AvgIpc) is 3.34. The number of tetrazole rings is 1. The number of ketones is 1. The smallest absolute Gasteiger partial charge is 0.223 e. The maximum atomic E-state index is 13.0. The zero-order valence-corrected chi connectivity index (χ0v) is 16.1. The Labute approximate surface area is 163 Å². The number of nitrogens with zero attached hydrogens (tertiary/aromatic N) is 5. The van der Waals surface area contributed by atoms with Crippen LogP contribution in [0.2, 0.25) is 0 Å². The van der Waals surface area contributed by atoms with E-state index in [1.54, 1.807) is 24.8 Å². The third-order valence-corrected chi connectivity index (χ3v) is 5.18. The summed E-state index contributed by atoms with van der Waals surface area (Å²) in [6.07, 6.45) is 0.753. The summed E-state index contributed by atoms with van der Waals surface area (Å²) in [7, 11) is 0. The van der Waals surface area contributed by atoms with Gasteiger partial charge in [0.2, 0.25) is 11.7 Å². The molecule has 1 atom stereocenters. The highest BCUT2D eigenvalue weighted by Gasteiger charge is 2.26. The number of Topliss-reactive ketones (excluding diaryl/α,β-unsaturated/α-hetero) is 1. The van der Waals surface area contributed by atoms with E-state index in [1.165, 1.54) is 4.80 Å². The number of carbonyl (C=O) groups is 2. The molecule has 7 heteroatoms. The molecule has 0 radical (unpaired) electrons. The van der Waals surface area contributed by atoms with Gasteiger partial charge in [-0.05, 0) is 54.8 Å². The highest BCUT2D eigenvalue weighted by atomic mass is 16.2. The van der Waals surface area contributed by atoms with E-state index >= 15 is 0 Å². The van der Waals surface area contributed by atoms with Crippen molar-refractivity contribution in [3.05, 3.63) is 59.2 Å². The predicted molar refractivity (Wildman–Crippen MR) is 105 cm³/mol. The lowest BCUT2D eigenvalue weighted by molar-refractivity contribution is -0.116. The standard InChI is InChI=1S/C21H21N5O2/c1-13-6-4-5-7-18(13)21-22-24-26(23-21)14(2)20(28)17-8-9-19-16(12-17)10-11-25(19)15(3)27/h4-9,12,14H,10-11H2,1-3H3. The molecule has 142 valence electrons. The average molecular weight is 375 g/mol. The number of amides is 1. The van der Waals surface area contributed by atoms with E-state index in [9.17, 15) is 9.59 Å². The summed E-state index contributed by atoms with van der Waals surface area (Å²) in [5.41, 5.74) is 4.44. The van der Waals surface area contributed by atoms with Crippen LogP contribution < -0.4 is 4.90 Å². The van der Waals surface area contributed by atoms with Gasteiger partial charge >= 0.3 is 0 Å². The Morgan fingerprint density at radius 1 is 1.14 bits per heavy atom. The van der Waals surface area contributed by atoms with Crippen molar-refractivity contribution in [3.8, 4) is 11.4 Å². The zero-order chi connectivity index (χ0) is 19.8. The first-order valence-electron chi connectivity index (χ1n) is 9.26. The molecule has 2 heterocycles. The van der Waals surface area contributed by atoms with Crippen LogP contribution in [0.15, 0.2) is 42.5 Å². The fourth-order valence-corrected chi connectivity index (χ4v) is 3.55. The first-order chi connectivity index (χ1) is 13.5. The molecule has 0 fully saturated rings. The van der Waals surface area contributed by atoms with Crippen LogP contribution in [-0.4, -0.2) is 38.4 Å². The summed E-state index contributed by atoms with van der Waals surface area (Å²) < 4.78 is 0. The number of aromatic nitrogens is 4. The number of hydrogen-bond acceptors (Lipinski definition) is 5. The Morgan fingerprint density at radius 3 is 2.68 bits per heavy atom. The minimum absolute atomic E-state index is 0.0155. The number of fused-ring (bicyclic) bond motifs is 1. The van der Waals surface area contributed by atoms with Crippen molar-refractivity contribution < 1.29 is 9.59 Å². The molecule has 28 heavy (non-hydrogen) atoms. The zero-order valence-electron chi connectivity index (χ0n) is 16.1. The van der Waals surface area contributed by atoms with E-state index in [-0.39, 0.29) is 11.7 Å². The van der Waals surface area contributed by atoms with Crippen LogP contribution in [0.4, 0.5) is 5.69 Å². The summed E-state index contributed by atoms with van der Waals surface area (Å²) in [4.78, 5) is 27.8. The second-order valence-electron chi connectivity index (χ2n) is 7.05. The van der Waals surface area contributed by atoms with E-state index in [0.717, 1.165) is 28.8 Å². The lowest BCUT2D eigenvalue weighted by atomic mass is 10.0. The Morgan fingerprint density at radius 2 is 1.93 bits per heavy atom. The number of hydrogen-bond donors (Lipinski definition) is 0. The van der Waals surface area contributed by atoms with Crippen LogP contribution >= 0.6 is 0 Å². The Hall–Kier alpha value is -3.35. The van der Waals surface area contributed by atoms with Gasteiger partial charge in [-0.2, -0.15) is 4.80 Å². The van der Waals surface area contributed by atoms with Crippen LogP contribution in [0.25, 0.3) is 11.4 Å². The molecular formula is C21H21N5O2. The molecule has 1 aliphatic heterocycles. The molecule has 0 bridgehead atoms. The van der Waals surface area contributed by atoms with E-state index < -0.39 is 6.04 Å². The van der Waals surface area contributed by atoms with Crippen molar-refractivity contribution in [2.45, 2.75) is 33.2 Å². The van der Waals surface area contributed by atoms with Crippen LogP contribution in [0.3, 0.4) is 0 Å². The summed E-state index contributed by atoms with van der Waals surface area (Å²) in [6, 6.07) is 12.7. The molecule has 1 aromatic heterocycles. The summed E-state index contributed by atoms with van der Waals surface area (Å²) >= 11 is 0. The van der Waals surface area contributed by atoms with Gasteiger partial charge in [0, 0.05) is 30.3 Å². The molecule has 1 unspecified atom stereocenters. The minimum atomic E-state index is -0.575. The molecular weight excluding hydrogens is 354 g/mol. The van der Waals surface area contributed by atoms with Crippen molar-refractivity contribution in [3.63, 3.8) is 0 Å². The lowest BCUT2D eigenvalue weighted by Crippen LogP contribution is -2.25. The van der Waals surface area contributed by atoms with Crippen LogP contribution in [0.1, 0.15) is 41.4 Å². The first-order valence-corrected chi connectivity index (χ1v) is 9.26. The van der Waals surface area contributed by atoms with Crippen molar-refractivity contribution in [1.82, 2.24) is 20.2 Å². The normalized spacial score (nSPS) is 14.0. The summed E-state index contributed by atoms with van der Waals surface area (Å²) in [5.74, 6) is 0.434. The Balaban J connectivity index is 1.58.